The fourth-order valence-corrected chi connectivity index (χ4v) is 2.36. The average Bonchev–Trinajstić information content (AvgIpc) is 2.45. The van der Waals surface area contributed by atoms with Crippen molar-refractivity contribution in [3.05, 3.63) is 58.9 Å². The summed E-state index contributed by atoms with van der Waals surface area (Å²) in [6.45, 7) is 4.00. The molecule has 0 aliphatic rings. The molecule has 4 nitrogen and oxygen atoms in total. The van der Waals surface area contributed by atoms with E-state index >= 15 is 0 Å². The van der Waals surface area contributed by atoms with E-state index in [9.17, 15) is 0 Å². The van der Waals surface area contributed by atoms with Crippen LogP contribution in [0.25, 0.3) is 0 Å². The highest BCUT2D eigenvalue weighted by Crippen LogP contribution is 2.22. The fraction of sp³-hybridized carbons (Fsp3) is 0.312. The lowest BCUT2D eigenvalue weighted by Crippen LogP contribution is -2.30. The Morgan fingerprint density at radius 1 is 1.25 bits per heavy atom. The van der Waals surface area contributed by atoms with E-state index in [0.717, 1.165) is 29.1 Å². The smallest absolute Gasteiger partial charge is 0.119 e. The van der Waals surface area contributed by atoms with Gasteiger partial charge in [-0.1, -0.05) is 18.2 Å². The van der Waals surface area contributed by atoms with Crippen LogP contribution in [-0.4, -0.2) is 12.1 Å². The number of rotatable bonds is 5. The zero-order valence-corrected chi connectivity index (χ0v) is 12.2. The van der Waals surface area contributed by atoms with Gasteiger partial charge >= 0.3 is 0 Å². The van der Waals surface area contributed by atoms with Crippen molar-refractivity contribution in [3.8, 4) is 5.75 Å². The maximum atomic E-state index is 5.72. The van der Waals surface area contributed by atoms with Crippen molar-refractivity contribution >= 4 is 0 Å². The van der Waals surface area contributed by atoms with Crippen molar-refractivity contribution < 1.29 is 4.74 Å². The van der Waals surface area contributed by atoms with Gasteiger partial charge in [0.2, 0.25) is 0 Å². The summed E-state index contributed by atoms with van der Waals surface area (Å²) in [4.78, 5) is 4.50. The first-order valence-electron chi connectivity index (χ1n) is 6.67. The van der Waals surface area contributed by atoms with Gasteiger partial charge in [0.15, 0.2) is 0 Å². The minimum Gasteiger partial charge on any atom is -0.497 e. The molecule has 0 radical (unpaired) electrons. The van der Waals surface area contributed by atoms with Gasteiger partial charge in [0.05, 0.1) is 13.2 Å². The van der Waals surface area contributed by atoms with Gasteiger partial charge in [-0.05, 0) is 49.6 Å². The minimum absolute atomic E-state index is 0.0372. The molecule has 3 N–H and O–H groups in total. The van der Waals surface area contributed by atoms with Gasteiger partial charge in [-0.2, -0.15) is 0 Å². The van der Waals surface area contributed by atoms with Gasteiger partial charge in [-0.3, -0.25) is 16.3 Å². The highest BCUT2D eigenvalue weighted by Gasteiger charge is 2.14. The van der Waals surface area contributed by atoms with E-state index in [-0.39, 0.29) is 6.04 Å². The molecule has 4 heteroatoms. The Morgan fingerprint density at radius 3 is 2.70 bits per heavy atom. The second-order valence-corrected chi connectivity index (χ2v) is 4.90. The molecule has 1 atom stereocenters. The van der Waals surface area contributed by atoms with Crippen molar-refractivity contribution in [2.24, 2.45) is 5.84 Å². The van der Waals surface area contributed by atoms with E-state index in [2.05, 4.69) is 22.5 Å². The lowest BCUT2D eigenvalue weighted by molar-refractivity contribution is 0.414. The molecule has 0 aliphatic heterocycles. The predicted octanol–water partition coefficient (Wildman–Crippen LogP) is 2.45. The minimum atomic E-state index is 0.0372. The molecule has 0 aliphatic carbocycles. The van der Waals surface area contributed by atoms with Crippen molar-refractivity contribution in [1.29, 1.82) is 0 Å². The molecule has 1 aromatic carbocycles. The number of benzene rings is 1. The van der Waals surface area contributed by atoms with Gasteiger partial charge in [0, 0.05) is 11.4 Å². The van der Waals surface area contributed by atoms with Crippen molar-refractivity contribution in [3.63, 3.8) is 0 Å². The van der Waals surface area contributed by atoms with Crippen LogP contribution in [0.4, 0.5) is 0 Å². The number of nitrogens with zero attached hydrogens (tertiary/aromatic N) is 1. The summed E-state index contributed by atoms with van der Waals surface area (Å²) in [5, 5.41) is 0. The monoisotopic (exact) mass is 271 g/mol. The number of aromatic nitrogens is 1. The van der Waals surface area contributed by atoms with Crippen LogP contribution in [0, 0.1) is 13.8 Å². The van der Waals surface area contributed by atoms with Gasteiger partial charge < -0.3 is 4.74 Å². The Morgan fingerprint density at radius 2 is 2.05 bits per heavy atom. The summed E-state index contributed by atoms with van der Waals surface area (Å²) >= 11 is 0. The van der Waals surface area contributed by atoms with Crippen LogP contribution in [0.1, 0.15) is 28.6 Å². The van der Waals surface area contributed by atoms with Crippen LogP contribution in [0.15, 0.2) is 36.4 Å². The third-order valence-electron chi connectivity index (χ3n) is 3.42. The third-order valence-corrected chi connectivity index (χ3v) is 3.42. The maximum absolute atomic E-state index is 5.72. The van der Waals surface area contributed by atoms with Crippen LogP contribution >= 0.6 is 0 Å². The summed E-state index contributed by atoms with van der Waals surface area (Å²) < 4.78 is 5.25. The third kappa shape index (κ3) is 3.35. The number of ether oxygens (including phenoxy) is 1. The summed E-state index contributed by atoms with van der Waals surface area (Å²) in [5.74, 6) is 6.58. The van der Waals surface area contributed by atoms with Crippen LogP contribution in [-0.2, 0) is 6.42 Å². The highest BCUT2D eigenvalue weighted by atomic mass is 16.5. The number of aryl methyl sites for hydroxylation is 2. The van der Waals surface area contributed by atoms with Crippen molar-refractivity contribution in [1.82, 2.24) is 10.4 Å². The van der Waals surface area contributed by atoms with Crippen LogP contribution in [0.3, 0.4) is 0 Å². The fourth-order valence-electron chi connectivity index (χ4n) is 2.36. The van der Waals surface area contributed by atoms with E-state index in [4.69, 9.17) is 10.6 Å². The first-order chi connectivity index (χ1) is 9.63. The quantitative estimate of drug-likeness (QED) is 0.648. The predicted molar refractivity (Wildman–Crippen MR) is 80.5 cm³/mol. The highest BCUT2D eigenvalue weighted by molar-refractivity contribution is 5.32. The molecule has 0 spiro atoms. The molecule has 2 aromatic rings. The molecular formula is C16H21N3O. The van der Waals surface area contributed by atoms with Crippen LogP contribution < -0.4 is 16.0 Å². The topological polar surface area (TPSA) is 60.2 Å². The SMILES string of the molecule is COc1cccc(CC(NN)c2ccc(C)nc2C)c1. The average molecular weight is 271 g/mol. The van der Waals surface area contributed by atoms with E-state index in [0.29, 0.717) is 0 Å². The number of hydrazine groups is 1. The summed E-state index contributed by atoms with van der Waals surface area (Å²) in [5.41, 5.74) is 7.21. The molecule has 0 fully saturated rings. The molecule has 1 aromatic heterocycles. The lowest BCUT2D eigenvalue weighted by atomic mass is 9.98. The number of hydrogen-bond donors (Lipinski definition) is 2. The molecule has 0 saturated heterocycles. The normalized spacial score (nSPS) is 12.2. The summed E-state index contributed by atoms with van der Waals surface area (Å²) in [6.07, 6.45) is 0.791. The number of pyridine rings is 1. The standard InChI is InChI=1S/C16H21N3O/c1-11-7-8-15(12(2)18-11)16(19-17)10-13-5-4-6-14(9-13)20-3/h4-9,16,19H,10,17H2,1-3H3. The Labute approximate surface area is 120 Å². The molecule has 20 heavy (non-hydrogen) atoms. The van der Waals surface area contributed by atoms with Crippen LogP contribution in [0.2, 0.25) is 0 Å². The van der Waals surface area contributed by atoms with Gasteiger partial charge in [0.1, 0.15) is 5.75 Å². The Kier molecular flexibility index (Phi) is 4.71. The number of nitrogens with one attached hydrogen (secondary N) is 1. The number of nitrogens with two attached hydrogens (primary N) is 1. The molecule has 0 bridgehead atoms. The van der Waals surface area contributed by atoms with Crippen molar-refractivity contribution in [2.75, 3.05) is 7.11 Å². The Balaban J connectivity index is 2.23. The number of methoxy groups -OCH3 is 1. The van der Waals surface area contributed by atoms with Gasteiger partial charge in [0.25, 0.3) is 0 Å². The number of hydrogen-bond acceptors (Lipinski definition) is 4. The Hall–Kier alpha value is -1.91. The summed E-state index contributed by atoms with van der Waals surface area (Å²) in [7, 11) is 1.67. The molecule has 2 rings (SSSR count). The maximum Gasteiger partial charge on any atom is 0.119 e. The van der Waals surface area contributed by atoms with E-state index < -0.39 is 0 Å². The van der Waals surface area contributed by atoms with E-state index in [1.807, 2.05) is 38.1 Å². The van der Waals surface area contributed by atoms with Crippen molar-refractivity contribution in [2.45, 2.75) is 26.3 Å². The van der Waals surface area contributed by atoms with Gasteiger partial charge in [-0.15, -0.1) is 0 Å². The molecule has 1 heterocycles. The van der Waals surface area contributed by atoms with Crippen LogP contribution in [0.5, 0.6) is 5.75 Å². The van der Waals surface area contributed by atoms with E-state index in [1.165, 1.54) is 5.56 Å². The van der Waals surface area contributed by atoms with Gasteiger partial charge in [-0.25, -0.2) is 0 Å². The zero-order chi connectivity index (χ0) is 14.5. The molecule has 0 saturated carbocycles. The molecule has 106 valence electrons. The molecule has 0 amide bonds. The largest absolute Gasteiger partial charge is 0.497 e. The second-order valence-electron chi connectivity index (χ2n) is 4.90. The molecular weight excluding hydrogens is 250 g/mol. The van der Waals surface area contributed by atoms with E-state index in [1.54, 1.807) is 7.11 Å². The molecule has 1 unspecified atom stereocenters. The zero-order valence-electron chi connectivity index (χ0n) is 12.2. The Bertz CT molecular complexity index is 584. The summed E-state index contributed by atoms with van der Waals surface area (Å²) in [6, 6.07) is 12.2. The second kappa shape index (κ2) is 6.50. The first-order valence-corrected chi connectivity index (χ1v) is 6.67. The first kappa shape index (κ1) is 14.5. The lowest BCUT2D eigenvalue weighted by Gasteiger charge is -2.18.